The third-order valence-electron chi connectivity index (χ3n) is 7.01. The summed E-state index contributed by atoms with van der Waals surface area (Å²) in [5.41, 5.74) is 1.94. The molecule has 2 saturated heterocycles. The second-order valence-corrected chi connectivity index (χ2v) is 9.63. The Kier molecular flexibility index (Phi) is 7.87. The fraction of sp³-hybridized carbons (Fsp3) is 0.379. The zero-order valence-electron chi connectivity index (χ0n) is 21.1. The van der Waals surface area contributed by atoms with Crippen molar-refractivity contribution in [2.75, 3.05) is 31.5 Å². The number of likely N-dealkylation sites (tertiary alicyclic amines) is 1. The molecule has 2 amide bonds. The van der Waals surface area contributed by atoms with Crippen LogP contribution < -0.4 is 16.0 Å². The number of fused-ring (bicyclic) bond motifs is 1. The van der Waals surface area contributed by atoms with E-state index in [9.17, 15) is 9.59 Å². The molecule has 4 atom stereocenters. The number of rotatable bonds is 10. The Morgan fingerprint density at radius 1 is 1.00 bits per heavy atom. The summed E-state index contributed by atoms with van der Waals surface area (Å²) < 4.78 is 11.3. The quantitative estimate of drug-likeness (QED) is 0.366. The molecule has 2 aliphatic rings. The zero-order valence-corrected chi connectivity index (χ0v) is 21.1. The number of benzene rings is 3. The lowest BCUT2D eigenvalue weighted by Gasteiger charge is -2.18. The molecule has 0 bridgehead atoms. The maximum Gasteiger partial charge on any atom is 0.407 e. The van der Waals surface area contributed by atoms with Gasteiger partial charge in [0, 0.05) is 36.1 Å². The van der Waals surface area contributed by atoms with E-state index in [2.05, 4.69) is 47.1 Å². The first-order chi connectivity index (χ1) is 18.1. The van der Waals surface area contributed by atoms with Gasteiger partial charge in [0.05, 0.1) is 0 Å². The number of carbonyl (C=O) groups excluding carboxylic acids is 2. The van der Waals surface area contributed by atoms with Crippen LogP contribution in [0.3, 0.4) is 0 Å². The normalized spacial score (nSPS) is 22.6. The second-order valence-electron chi connectivity index (χ2n) is 9.63. The highest BCUT2D eigenvalue weighted by Crippen LogP contribution is 2.37. The topological polar surface area (TPSA) is 95.2 Å². The van der Waals surface area contributed by atoms with Gasteiger partial charge in [0.1, 0.15) is 19.3 Å². The lowest BCUT2D eigenvalue weighted by atomic mass is 9.99. The predicted octanol–water partition coefficient (Wildman–Crippen LogP) is 3.73. The van der Waals surface area contributed by atoms with Gasteiger partial charge in [-0.05, 0) is 30.0 Å². The smallest absolute Gasteiger partial charge is 0.407 e. The Labute approximate surface area is 217 Å². The molecular formula is C29H34N4O4. The van der Waals surface area contributed by atoms with E-state index in [4.69, 9.17) is 9.47 Å². The maximum atomic E-state index is 12.9. The molecule has 2 fully saturated rings. The Bertz CT molecular complexity index is 1220. The van der Waals surface area contributed by atoms with E-state index in [1.165, 1.54) is 5.39 Å². The van der Waals surface area contributed by atoms with Gasteiger partial charge < -0.3 is 30.3 Å². The van der Waals surface area contributed by atoms with Crippen LogP contribution in [0.15, 0.2) is 72.8 Å². The SMILES string of the molecule is CCCNC1CN(C(=O)CNC(=O)OCc2ccccc2)CC1C1OC1Nc1cccc2ccccc12. The van der Waals surface area contributed by atoms with Crippen LogP contribution in [0.25, 0.3) is 10.8 Å². The number of amides is 2. The van der Waals surface area contributed by atoms with Crippen LogP contribution in [0.2, 0.25) is 0 Å². The maximum absolute atomic E-state index is 12.9. The molecule has 2 aliphatic heterocycles. The van der Waals surface area contributed by atoms with Crippen LogP contribution in [0.1, 0.15) is 18.9 Å². The van der Waals surface area contributed by atoms with Crippen LogP contribution in [-0.4, -0.2) is 61.5 Å². The number of epoxide rings is 1. The molecule has 194 valence electrons. The van der Waals surface area contributed by atoms with E-state index >= 15 is 0 Å². The number of alkyl carbamates (subject to hydrolysis) is 1. The van der Waals surface area contributed by atoms with E-state index in [0.717, 1.165) is 29.6 Å². The van der Waals surface area contributed by atoms with E-state index in [1.807, 2.05) is 53.4 Å². The monoisotopic (exact) mass is 502 g/mol. The Morgan fingerprint density at radius 3 is 2.62 bits per heavy atom. The molecule has 3 N–H and O–H groups in total. The van der Waals surface area contributed by atoms with Crippen LogP contribution in [-0.2, 0) is 20.9 Å². The fourth-order valence-electron chi connectivity index (χ4n) is 5.02. The number of ether oxygens (including phenoxy) is 2. The number of nitrogens with one attached hydrogen (secondary N) is 3. The first-order valence-electron chi connectivity index (χ1n) is 13.0. The molecule has 0 aromatic heterocycles. The fourth-order valence-corrected chi connectivity index (χ4v) is 5.02. The average Bonchev–Trinajstić information content (AvgIpc) is 3.56. The van der Waals surface area contributed by atoms with Gasteiger partial charge in [0.15, 0.2) is 6.23 Å². The predicted molar refractivity (Wildman–Crippen MR) is 143 cm³/mol. The van der Waals surface area contributed by atoms with Crippen molar-refractivity contribution in [1.29, 1.82) is 0 Å². The Morgan fingerprint density at radius 2 is 1.78 bits per heavy atom. The van der Waals surface area contributed by atoms with E-state index in [1.54, 1.807) is 0 Å². The molecule has 0 saturated carbocycles. The van der Waals surface area contributed by atoms with Crippen LogP contribution in [0.4, 0.5) is 10.5 Å². The Hall–Kier alpha value is -3.62. The van der Waals surface area contributed by atoms with E-state index < -0.39 is 6.09 Å². The molecule has 37 heavy (non-hydrogen) atoms. The van der Waals surface area contributed by atoms with Gasteiger partial charge in [-0.2, -0.15) is 0 Å². The molecule has 2 heterocycles. The van der Waals surface area contributed by atoms with Crippen molar-refractivity contribution in [1.82, 2.24) is 15.5 Å². The molecule has 4 unspecified atom stereocenters. The first kappa shape index (κ1) is 25.0. The summed E-state index contributed by atoms with van der Waals surface area (Å²) in [4.78, 5) is 26.8. The minimum absolute atomic E-state index is 0.00919. The zero-order chi connectivity index (χ0) is 25.6. The Balaban J connectivity index is 1.14. The van der Waals surface area contributed by atoms with Crippen molar-refractivity contribution in [3.05, 3.63) is 78.4 Å². The second kappa shape index (κ2) is 11.6. The highest BCUT2D eigenvalue weighted by molar-refractivity contribution is 5.94. The first-order valence-corrected chi connectivity index (χ1v) is 13.0. The summed E-state index contributed by atoms with van der Waals surface area (Å²) >= 11 is 0. The van der Waals surface area contributed by atoms with Crippen molar-refractivity contribution in [2.24, 2.45) is 5.92 Å². The van der Waals surface area contributed by atoms with Gasteiger partial charge >= 0.3 is 6.09 Å². The van der Waals surface area contributed by atoms with Gasteiger partial charge in [-0.25, -0.2) is 4.79 Å². The van der Waals surface area contributed by atoms with Gasteiger partial charge in [-0.15, -0.1) is 0 Å². The highest BCUT2D eigenvalue weighted by atomic mass is 16.6. The summed E-state index contributed by atoms with van der Waals surface area (Å²) in [6.07, 6.45) is 0.325. The van der Waals surface area contributed by atoms with Gasteiger partial charge in [0.25, 0.3) is 0 Å². The molecule has 3 aromatic carbocycles. The van der Waals surface area contributed by atoms with Crippen molar-refractivity contribution in [2.45, 2.75) is 38.3 Å². The molecule has 0 aliphatic carbocycles. The van der Waals surface area contributed by atoms with Crippen molar-refractivity contribution >= 4 is 28.5 Å². The third kappa shape index (κ3) is 6.21. The van der Waals surface area contributed by atoms with Crippen LogP contribution in [0.5, 0.6) is 0 Å². The molecule has 8 nitrogen and oxygen atoms in total. The number of hydrogen-bond donors (Lipinski definition) is 3. The minimum atomic E-state index is -0.599. The lowest BCUT2D eigenvalue weighted by Crippen LogP contribution is -2.41. The molecule has 8 heteroatoms. The number of hydrogen-bond acceptors (Lipinski definition) is 6. The molecule has 0 spiro atoms. The van der Waals surface area contributed by atoms with Crippen molar-refractivity contribution < 1.29 is 19.1 Å². The van der Waals surface area contributed by atoms with E-state index in [0.29, 0.717) is 13.1 Å². The number of carbonyl (C=O) groups is 2. The standard InChI is InChI=1S/C29H34N4O4/c1-2-15-30-25-18-33(26(34)16-31-29(35)36-19-20-9-4-3-5-10-20)17-23(25)27-28(37-27)32-24-14-8-12-21-11-6-7-13-22(21)24/h3-14,23,25,27-28,30,32H,2,15-19H2,1H3,(H,31,35). The molecule has 5 rings (SSSR count). The number of anilines is 1. The van der Waals surface area contributed by atoms with Crippen molar-refractivity contribution in [3.63, 3.8) is 0 Å². The van der Waals surface area contributed by atoms with Crippen LogP contribution >= 0.6 is 0 Å². The van der Waals surface area contributed by atoms with E-state index in [-0.39, 0.29) is 43.4 Å². The third-order valence-corrected chi connectivity index (χ3v) is 7.01. The average molecular weight is 503 g/mol. The summed E-state index contributed by atoms with van der Waals surface area (Å²) in [6.45, 7) is 4.25. The summed E-state index contributed by atoms with van der Waals surface area (Å²) in [5, 5.41) is 12.1. The summed E-state index contributed by atoms with van der Waals surface area (Å²) in [5.74, 6) is 0.0367. The van der Waals surface area contributed by atoms with Gasteiger partial charge in [-0.1, -0.05) is 73.7 Å². The van der Waals surface area contributed by atoms with Crippen LogP contribution in [0, 0.1) is 5.92 Å². The largest absolute Gasteiger partial charge is 0.445 e. The minimum Gasteiger partial charge on any atom is -0.445 e. The summed E-state index contributed by atoms with van der Waals surface area (Å²) in [7, 11) is 0. The van der Waals surface area contributed by atoms with Crippen molar-refractivity contribution in [3.8, 4) is 0 Å². The molecular weight excluding hydrogens is 468 g/mol. The lowest BCUT2D eigenvalue weighted by molar-refractivity contribution is -0.129. The van der Waals surface area contributed by atoms with Gasteiger partial charge in [0.2, 0.25) is 5.91 Å². The molecule has 3 aromatic rings. The highest BCUT2D eigenvalue weighted by Gasteiger charge is 2.51. The summed E-state index contributed by atoms with van der Waals surface area (Å²) in [6, 6.07) is 24.1. The number of nitrogens with zero attached hydrogens (tertiary/aromatic N) is 1. The molecule has 0 radical (unpaired) electrons. The van der Waals surface area contributed by atoms with Gasteiger partial charge in [-0.3, -0.25) is 4.79 Å².